The second-order valence-corrected chi connectivity index (χ2v) is 6.84. The van der Waals surface area contributed by atoms with Gasteiger partial charge in [0.15, 0.2) is 5.78 Å². The van der Waals surface area contributed by atoms with Crippen molar-refractivity contribution >= 4 is 23.5 Å². The Bertz CT molecular complexity index is 558. The van der Waals surface area contributed by atoms with Crippen molar-refractivity contribution in [1.82, 2.24) is 0 Å². The van der Waals surface area contributed by atoms with Crippen molar-refractivity contribution in [2.75, 3.05) is 0 Å². The molecule has 0 radical (unpaired) electrons. The van der Waals surface area contributed by atoms with Crippen molar-refractivity contribution in [2.24, 2.45) is 0 Å². The molecule has 2 fully saturated rings. The van der Waals surface area contributed by atoms with E-state index in [4.69, 9.17) is 16.3 Å². The van der Waals surface area contributed by atoms with E-state index < -0.39 is 0 Å². The normalized spacial score (nSPS) is 25.4. The molecule has 2 saturated carbocycles. The smallest absolute Gasteiger partial charge is 0.176 e. The fourth-order valence-corrected chi connectivity index (χ4v) is 3.62. The standard InChI is InChI=1S/C19H23ClO2/c20-17-11-6-8-15(19(17)21)13-14-7-4-5-12-18(14)22-16-9-2-1-3-10-16/h4-5,7,12-13,16-17H,1-3,6,8-11H2. The number of carbonyl (C=O) groups is 1. The summed E-state index contributed by atoms with van der Waals surface area (Å²) in [5.74, 6) is 0.979. The summed E-state index contributed by atoms with van der Waals surface area (Å²) in [6, 6.07) is 8.02. The van der Waals surface area contributed by atoms with E-state index in [0.717, 1.165) is 49.0 Å². The lowest BCUT2D eigenvalue weighted by atomic mass is 9.91. The molecule has 0 heterocycles. The number of alkyl halides is 1. The largest absolute Gasteiger partial charge is 0.490 e. The average Bonchev–Trinajstić information content (AvgIpc) is 2.55. The molecule has 1 aromatic carbocycles. The molecule has 0 aromatic heterocycles. The Morgan fingerprint density at radius 2 is 1.82 bits per heavy atom. The highest BCUT2D eigenvalue weighted by Gasteiger charge is 2.24. The number of hydrogen-bond donors (Lipinski definition) is 0. The van der Waals surface area contributed by atoms with Gasteiger partial charge in [0.2, 0.25) is 0 Å². The molecular formula is C19H23ClO2. The molecule has 2 aliphatic rings. The van der Waals surface area contributed by atoms with Gasteiger partial charge in [-0.15, -0.1) is 11.6 Å². The van der Waals surface area contributed by atoms with Gasteiger partial charge in [-0.05, 0) is 62.7 Å². The maximum Gasteiger partial charge on any atom is 0.176 e. The van der Waals surface area contributed by atoms with Crippen molar-refractivity contribution in [3.8, 4) is 5.75 Å². The SMILES string of the molecule is O=C1C(=Cc2ccccc2OC2CCCCC2)CCCC1Cl. The van der Waals surface area contributed by atoms with Crippen LogP contribution in [-0.4, -0.2) is 17.3 Å². The third-order valence-electron chi connectivity index (χ3n) is 4.60. The molecule has 0 spiro atoms. The van der Waals surface area contributed by atoms with E-state index >= 15 is 0 Å². The number of carbonyl (C=O) groups excluding carboxylic acids is 1. The Kier molecular flexibility index (Phi) is 5.20. The van der Waals surface area contributed by atoms with Crippen molar-refractivity contribution in [2.45, 2.75) is 62.8 Å². The Labute approximate surface area is 137 Å². The van der Waals surface area contributed by atoms with Crippen LogP contribution in [-0.2, 0) is 4.79 Å². The second-order valence-electron chi connectivity index (χ2n) is 6.31. The van der Waals surface area contributed by atoms with Crippen LogP contribution in [0.25, 0.3) is 6.08 Å². The summed E-state index contributed by atoms with van der Waals surface area (Å²) >= 11 is 6.10. The predicted molar refractivity (Wildman–Crippen MR) is 90.4 cm³/mol. The highest BCUT2D eigenvalue weighted by atomic mass is 35.5. The molecule has 2 aliphatic carbocycles. The monoisotopic (exact) mass is 318 g/mol. The lowest BCUT2D eigenvalue weighted by Gasteiger charge is -2.24. The highest BCUT2D eigenvalue weighted by Crippen LogP contribution is 2.30. The van der Waals surface area contributed by atoms with Crippen LogP contribution in [0.1, 0.15) is 56.9 Å². The van der Waals surface area contributed by atoms with Crippen LogP contribution in [0.3, 0.4) is 0 Å². The summed E-state index contributed by atoms with van der Waals surface area (Å²) in [4.78, 5) is 12.2. The van der Waals surface area contributed by atoms with Gasteiger partial charge in [0, 0.05) is 5.56 Å². The topological polar surface area (TPSA) is 26.3 Å². The molecule has 1 unspecified atom stereocenters. The van der Waals surface area contributed by atoms with Gasteiger partial charge in [0.25, 0.3) is 0 Å². The van der Waals surface area contributed by atoms with Gasteiger partial charge in [-0.3, -0.25) is 4.79 Å². The van der Waals surface area contributed by atoms with Gasteiger partial charge in [-0.2, -0.15) is 0 Å². The van der Waals surface area contributed by atoms with Crippen LogP contribution in [0.4, 0.5) is 0 Å². The Morgan fingerprint density at radius 3 is 2.64 bits per heavy atom. The van der Waals surface area contributed by atoms with E-state index in [1.165, 1.54) is 19.3 Å². The number of ether oxygens (including phenoxy) is 1. The van der Waals surface area contributed by atoms with Gasteiger partial charge in [0.05, 0.1) is 11.5 Å². The average molecular weight is 319 g/mol. The minimum absolute atomic E-state index is 0.0837. The molecule has 0 N–H and O–H groups in total. The highest BCUT2D eigenvalue weighted by molar-refractivity contribution is 6.34. The molecule has 3 rings (SSSR count). The quantitative estimate of drug-likeness (QED) is 0.569. The third kappa shape index (κ3) is 3.73. The number of hydrogen-bond acceptors (Lipinski definition) is 2. The second kappa shape index (κ2) is 7.32. The third-order valence-corrected chi connectivity index (χ3v) is 5.02. The molecule has 3 heteroatoms. The summed E-state index contributed by atoms with van der Waals surface area (Å²) in [7, 11) is 0. The maximum absolute atomic E-state index is 12.2. The fraction of sp³-hybridized carbons (Fsp3) is 0.526. The molecule has 118 valence electrons. The molecule has 2 nitrogen and oxygen atoms in total. The molecule has 1 atom stereocenters. The van der Waals surface area contributed by atoms with Gasteiger partial charge in [0.1, 0.15) is 5.75 Å². The number of allylic oxidation sites excluding steroid dienone is 1. The summed E-state index contributed by atoms with van der Waals surface area (Å²) in [5.41, 5.74) is 1.84. The van der Waals surface area contributed by atoms with Crippen molar-refractivity contribution in [1.29, 1.82) is 0 Å². The number of para-hydroxylation sites is 1. The van der Waals surface area contributed by atoms with Gasteiger partial charge < -0.3 is 4.74 Å². The van der Waals surface area contributed by atoms with Crippen LogP contribution in [0, 0.1) is 0 Å². The Balaban J connectivity index is 1.80. The lowest BCUT2D eigenvalue weighted by molar-refractivity contribution is -0.116. The van der Waals surface area contributed by atoms with E-state index in [9.17, 15) is 4.79 Å². The van der Waals surface area contributed by atoms with Crippen molar-refractivity contribution < 1.29 is 9.53 Å². The van der Waals surface area contributed by atoms with Gasteiger partial charge in [-0.1, -0.05) is 24.6 Å². The van der Waals surface area contributed by atoms with Crippen LogP contribution >= 0.6 is 11.6 Å². The van der Waals surface area contributed by atoms with Crippen LogP contribution in [0.5, 0.6) is 5.75 Å². The zero-order valence-corrected chi connectivity index (χ0v) is 13.6. The lowest BCUT2D eigenvalue weighted by Crippen LogP contribution is -2.22. The van der Waals surface area contributed by atoms with E-state index in [1.807, 2.05) is 30.3 Å². The van der Waals surface area contributed by atoms with E-state index in [2.05, 4.69) is 0 Å². The zero-order valence-electron chi connectivity index (χ0n) is 12.9. The van der Waals surface area contributed by atoms with Crippen LogP contribution < -0.4 is 4.74 Å². The molecule has 22 heavy (non-hydrogen) atoms. The minimum Gasteiger partial charge on any atom is -0.490 e. The van der Waals surface area contributed by atoms with E-state index in [1.54, 1.807) is 0 Å². The molecular weight excluding hydrogens is 296 g/mol. The first-order valence-corrected chi connectivity index (χ1v) is 8.82. The molecule has 0 saturated heterocycles. The van der Waals surface area contributed by atoms with Crippen LogP contribution in [0.2, 0.25) is 0 Å². The first-order valence-electron chi connectivity index (χ1n) is 8.38. The van der Waals surface area contributed by atoms with Crippen molar-refractivity contribution in [3.05, 3.63) is 35.4 Å². The number of Topliss-reactive ketones (excluding diaryl/α,β-unsaturated/α-hetero) is 1. The Hall–Kier alpha value is -1.28. The van der Waals surface area contributed by atoms with Gasteiger partial charge >= 0.3 is 0 Å². The summed E-state index contributed by atoms with van der Waals surface area (Å²) in [6.07, 6.45) is 11.0. The summed E-state index contributed by atoms with van der Waals surface area (Å²) < 4.78 is 6.20. The zero-order chi connectivity index (χ0) is 15.4. The van der Waals surface area contributed by atoms with E-state index in [-0.39, 0.29) is 11.2 Å². The fourth-order valence-electron chi connectivity index (χ4n) is 3.33. The first kappa shape index (κ1) is 15.6. The molecule has 0 bridgehead atoms. The number of ketones is 1. The minimum atomic E-state index is -0.355. The molecule has 0 amide bonds. The number of rotatable bonds is 3. The maximum atomic E-state index is 12.2. The summed E-state index contributed by atoms with van der Waals surface area (Å²) in [5, 5.41) is -0.355. The molecule has 0 aliphatic heterocycles. The van der Waals surface area contributed by atoms with Crippen LogP contribution in [0.15, 0.2) is 29.8 Å². The first-order chi connectivity index (χ1) is 10.7. The summed E-state index contributed by atoms with van der Waals surface area (Å²) in [6.45, 7) is 0. The van der Waals surface area contributed by atoms with E-state index in [0.29, 0.717) is 6.10 Å². The molecule has 1 aromatic rings. The van der Waals surface area contributed by atoms with Gasteiger partial charge in [-0.25, -0.2) is 0 Å². The number of benzene rings is 1. The predicted octanol–water partition coefficient (Wildman–Crippen LogP) is 5.14. The Morgan fingerprint density at radius 1 is 1.05 bits per heavy atom. The number of halogens is 1. The van der Waals surface area contributed by atoms with Crippen molar-refractivity contribution in [3.63, 3.8) is 0 Å².